The van der Waals surface area contributed by atoms with Gasteiger partial charge in [0.25, 0.3) is 0 Å². The molecular formula is C20H16N8. The predicted octanol–water partition coefficient (Wildman–Crippen LogP) is 2.73. The van der Waals surface area contributed by atoms with Crippen molar-refractivity contribution in [1.29, 1.82) is 0 Å². The lowest BCUT2D eigenvalue weighted by atomic mass is 9.98. The zero-order valence-corrected chi connectivity index (χ0v) is 14.8. The van der Waals surface area contributed by atoms with Gasteiger partial charge in [0.15, 0.2) is 0 Å². The van der Waals surface area contributed by atoms with Gasteiger partial charge in [-0.25, -0.2) is 0 Å². The Labute approximate surface area is 161 Å². The lowest BCUT2D eigenvalue weighted by Gasteiger charge is -2.10. The summed E-state index contributed by atoms with van der Waals surface area (Å²) >= 11 is 0. The Kier molecular flexibility index (Phi) is 4.67. The molecule has 0 aliphatic heterocycles. The molecule has 0 amide bonds. The lowest BCUT2D eigenvalue weighted by molar-refractivity contribution is 0.870. The molecule has 0 aliphatic carbocycles. The summed E-state index contributed by atoms with van der Waals surface area (Å²) in [6.07, 6.45) is 7.09. The molecule has 8 heteroatoms. The van der Waals surface area contributed by atoms with Crippen LogP contribution in [-0.4, -0.2) is 30.8 Å². The van der Waals surface area contributed by atoms with Gasteiger partial charge in [-0.2, -0.15) is 0 Å². The van der Waals surface area contributed by atoms with Crippen LogP contribution in [0.15, 0.2) is 60.9 Å². The number of hydrogen-bond donors (Lipinski definition) is 2. The zero-order chi connectivity index (χ0) is 19.3. The minimum atomic E-state index is 0.607. The molecule has 0 saturated carbocycles. The molecule has 0 spiro atoms. The van der Waals surface area contributed by atoms with Crippen molar-refractivity contribution in [2.75, 3.05) is 11.5 Å². The molecule has 4 rings (SSSR count). The SMILES string of the molecule is Nc1cccc(/C=C/c2cccc(N)c2-c2ccnnn2)c1-c1ccnnn1. The van der Waals surface area contributed by atoms with E-state index in [1.54, 1.807) is 24.5 Å². The maximum absolute atomic E-state index is 6.20. The summed E-state index contributed by atoms with van der Waals surface area (Å²) in [5, 5.41) is 23.0. The Morgan fingerprint density at radius 2 is 1.07 bits per heavy atom. The summed E-state index contributed by atoms with van der Waals surface area (Å²) in [6.45, 7) is 0. The Hall–Kier alpha value is -4.20. The number of nitrogens with zero attached hydrogens (tertiary/aromatic N) is 6. The minimum Gasteiger partial charge on any atom is -0.398 e. The fraction of sp³-hybridized carbons (Fsp3) is 0. The molecule has 2 aromatic heterocycles. The Morgan fingerprint density at radius 3 is 1.46 bits per heavy atom. The van der Waals surface area contributed by atoms with E-state index in [1.165, 1.54) is 0 Å². The van der Waals surface area contributed by atoms with E-state index in [1.807, 2.05) is 48.6 Å². The smallest absolute Gasteiger partial charge is 0.0990 e. The second-order valence-corrected chi connectivity index (χ2v) is 5.97. The standard InChI is InChI=1S/C20H16N8/c21-15-5-1-3-13(19(15)17-9-11-23-27-25-17)7-8-14-4-2-6-16(22)20(14)18-10-12-24-28-26-18/h1-12H,21-22H2/b8-7+. The molecule has 0 saturated heterocycles. The Morgan fingerprint density at radius 1 is 0.607 bits per heavy atom. The average Bonchev–Trinajstić information content (AvgIpc) is 2.73. The molecule has 0 fully saturated rings. The van der Waals surface area contributed by atoms with Gasteiger partial charge in [0.1, 0.15) is 0 Å². The number of aromatic nitrogens is 6. The van der Waals surface area contributed by atoms with Crippen LogP contribution in [0.25, 0.3) is 34.7 Å². The number of rotatable bonds is 4. The third kappa shape index (κ3) is 3.38. The van der Waals surface area contributed by atoms with Gasteiger partial charge in [0.2, 0.25) is 0 Å². The van der Waals surface area contributed by atoms with Crippen LogP contribution in [0.3, 0.4) is 0 Å². The van der Waals surface area contributed by atoms with Crippen LogP contribution in [0.4, 0.5) is 11.4 Å². The molecular weight excluding hydrogens is 352 g/mol. The summed E-state index contributed by atoms with van der Waals surface area (Å²) in [5.74, 6) is 0. The number of nitrogens with two attached hydrogens (primary N) is 2. The molecule has 0 unspecified atom stereocenters. The van der Waals surface area contributed by atoms with E-state index in [0.717, 1.165) is 22.3 Å². The number of nitrogen functional groups attached to an aromatic ring is 2. The van der Waals surface area contributed by atoms with Crippen LogP contribution >= 0.6 is 0 Å². The highest BCUT2D eigenvalue weighted by molar-refractivity contribution is 5.90. The van der Waals surface area contributed by atoms with E-state index in [-0.39, 0.29) is 0 Å². The largest absolute Gasteiger partial charge is 0.398 e. The maximum Gasteiger partial charge on any atom is 0.0990 e. The van der Waals surface area contributed by atoms with Gasteiger partial charge < -0.3 is 11.5 Å². The normalized spacial score (nSPS) is 11.0. The predicted molar refractivity (Wildman–Crippen MR) is 108 cm³/mol. The van der Waals surface area contributed by atoms with Crippen molar-refractivity contribution in [2.24, 2.45) is 0 Å². The molecule has 8 nitrogen and oxygen atoms in total. The van der Waals surface area contributed by atoms with Crippen LogP contribution in [-0.2, 0) is 0 Å². The first-order chi connectivity index (χ1) is 13.7. The van der Waals surface area contributed by atoms with Crippen LogP contribution in [0.2, 0.25) is 0 Å². The first kappa shape index (κ1) is 17.2. The topological polar surface area (TPSA) is 129 Å². The van der Waals surface area contributed by atoms with E-state index in [2.05, 4.69) is 30.8 Å². The molecule has 0 radical (unpaired) electrons. The van der Waals surface area contributed by atoms with Gasteiger partial charge in [0.05, 0.1) is 23.8 Å². The average molecular weight is 368 g/mol. The highest BCUT2D eigenvalue weighted by Crippen LogP contribution is 2.32. The molecule has 2 aromatic carbocycles. The third-order valence-electron chi connectivity index (χ3n) is 4.22. The summed E-state index contributed by atoms with van der Waals surface area (Å²) in [4.78, 5) is 0. The summed E-state index contributed by atoms with van der Waals surface area (Å²) < 4.78 is 0. The molecule has 4 N–H and O–H groups in total. The maximum atomic E-state index is 6.20. The van der Waals surface area contributed by atoms with Crippen LogP contribution in [0.1, 0.15) is 11.1 Å². The number of anilines is 2. The first-order valence-corrected chi connectivity index (χ1v) is 8.48. The number of hydrogen-bond acceptors (Lipinski definition) is 8. The minimum absolute atomic E-state index is 0.607. The molecule has 0 aliphatic rings. The van der Waals surface area contributed by atoms with Crippen molar-refractivity contribution in [2.45, 2.75) is 0 Å². The highest BCUT2D eigenvalue weighted by Gasteiger charge is 2.11. The molecule has 136 valence electrons. The second-order valence-electron chi connectivity index (χ2n) is 5.97. The van der Waals surface area contributed by atoms with E-state index in [0.29, 0.717) is 22.8 Å². The molecule has 0 bridgehead atoms. The van der Waals surface area contributed by atoms with Crippen molar-refractivity contribution in [3.05, 3.63) is 72.1 Å². The fourth-order valence-corrected chi connectivity index (χ4v) is 2.98. The van der Waals surface area contributed by atoms with Crippen molar-refractivity contribution in [3.63, 3.8) is 0 Å². The van der Waals surface area contributed by atoms with Gasteiger partial charge in [-0.05, 0) is 45.8 Å². The molecule has 28 heavy (non-hydrogen) atoms. The second kappa shape index (κ2) is 7.58. The first-order valence-electron chi connectivity index (χ1n) is 8.48. The fourth-order valence-electron chi connectivity index (χ4n) is 2.98. The summed E-state index contributed by atoms with van der Waals surface area (Å²) in [6, 6.07) is 14.9. The van der Waals surface area contributed by atoms with E-state index >= 15 is 0 Å². The van der Waals surface area contributed by atoms with Gasteiger partial charge in [0, 0.05) is 22.5 Å². The van der Waals surface area contributed by atoms with Crippen molar-refractivity contribution in [1.82, 2.24) is 30.8 Å². The van der Waals surface area contributed by atoms with E-state index < -0.39 is 0 Å². The lowest BCUT2D eigenvalue weighted by Crippen LogP contribution is -1.97. The Balaban J connectivity index is 1.81. The molecule has 0 atom stereocenters. The molecule has 4 aromatic rings. The zero-order valence-electron chi connectivity index (χ0n) is 14.8. The van der Waals surface area contributed by atoms with Gasteiger partial charge in [-0.1, -0.05) is 36.4 Å². The monoisotopic (exact) mass is 368 g/mol. The van der Waals surface area contributed by atoms with E-state index in [9.17, 15) is 0 Å². The van der Waals surface area contributed by atoms with Gasteiger partial charge in [-0.3, -0.25) is 0 Å². The highest BCUT2D eigenvalue weighted by atomic mass is 15.3. The van der Waals surface area contributed by atoms with E-state index in [4.69, 9.17) is 11.5 Å². The van der Waals surface area contributed by atoms with Crippen LogP contribution in [0, 0.1) is 0 Å². The quantitative estimate of drug-likeness (QED) is 0.415. The Bertz CT molecular complexity index is 1040. The molecule has 2 heterocycles. The van der Waals surface area contributed by atoms with Gasteiger partial charge in [-0.15, -0.1) is 20.4 Å². The van der Waals surface area contributed by atoms with Crippen molar-refractivity contribution in [3.8, 4) is 22.5 Å². The van der Waals surface area contributed by atoms with Crippen LogP contribution < -0.4 is 11.5 Å². The van der Waals surface area contributed by atoms with Crippen molar-refractivity contribution >= 4 is 23.5 Å². The third-order valence-corrected chi connectivity index (χ3v) is 4.22. The van der Waals surface area contributed by atoms with Gasteiger partial charge >= 0.3 is 0 Å². The summed E-state index contributed by atoms with van der Waals surface area (Å²) in [5.41, 5.74) is 18.3. The number of benzene rings is 2. The van der Waals surface area contributed by atoms with Crippen LogP contribution in [0.5, 0.6) is 0 Å². The van der Waals surface area contributed by atoms with Crippen molar-refractivity contribution < 1.29 is 0 Å². The summed E-state index contributed by atoms with van der Waals surface area (Å²) in [7, 11) is 0.